The standard InChI is InChI=1S/C22H16F2N6O/c23-16-3-14(4-17(24)7-16)10-27-19-8-22(28-11-15(19)6-21(26)31)30-12-29-18-2-1-13(9-25)5-20(18)30/h1-5,7-8,11-12H,6,10H2,(H2,26,31)(H,27,28). The molecule has 7 nitrogen and oxygen atoms in total. The summed E-state index contributed by atoms with van der Waals surface area (Å²) in [6.45, 7) is 0.118. The van der Waals surface area contributed by atoms with E-state index in [0.717, 1.165) is 6.07 Å². The number of hydrogen-bond donors (Lipinski definition) is 2. The fourth-order valence-electron chi connectivity index (χ4n) is 3.27. The number of aromatic nitrogens is 3. The molecule has 0 radical (unpaired) electrons. The number of carbonyl (C=O) groups excluding carboxylic acids is 1. The zero-order valence-electron chi connectivity index (χ0n) is 16.1. The number of benzene rings is 2. The molecule has 9 heteroatoms. The molecule has 0 atom stereocenters. The first-order valence-corrected chi connectivity index (χ1v) is 9.26. The highest BCUT2D eigenvalue weighted by Gasteiger charge is 2.12. The van der Waals surface area contributed by atoms with Gasteiger partial charge >= 0.3 is 0 Å². The molecule has 154 valence electrons. The molecule has 0 saturated heterocycles. The third kappa shape index (κ3) is 4.33. The average molecular weight is 418 g/mol. The molecule has 2 aromatic heterocycles. The van der Waals surface area contributed by atoms with Crippen molar-refractivity contribution in [2.45, 2.75) is 13.0 Å². The summed E-state index contributed by atoms with van der Waals surface area (Å²) in [5, 5.41) is 12.3. The number of fused-ring (bicyclic) bond motifs is 1. The summed E-state index contributed by atoms with van der Waals surface area (Å²) in [6, 6.07) is 12.1. The first-order valence-electron chi connectivity index (χ1n) is 9.26. The normalized spacial score (nSPS) is 10.7. The van der Waals surface area contributed by atoms with Gasteiger partial charge in [-0.1, -0.05) is 0 Å². The van der Waals surface area contributed by atoms with Gasteiger partial charge in [-0.2, -0.15) is 5.26 Å². The highest BCUT2D eigenvalue weighted by Crippen LogP contribution is 2.24. The monoisotopic (exact) mass is 418 g/mol. The Morgan fingerprint density at radius 1 is 1.13 bits per heavy atom. The first-order chi connectivity index (χ1) is 14.9. The lowest BCUT2D eigenvalue weighted by atomic mass is 10.1. The van der Waals surface area contributed by atoms with Crippen molar-refractivity contribution in [2.24, 2.45) is 5.73 Å². The van der Waals surface area contributed by atoms with E-state index in [1.807, 2.05) is 0 Å². The smallest absolute Gasteiger partial charge is 0.221 e. The number of anilines is 1. The maximum absolute atomic E-state index is 13.5. The number of nitriles is 1. The number of nitrogens with one attached hydrogen (secondary N) is 1. The molecule has 0 fully saturated rings. The van der Waals surface area contributed by atoms with Crippen molar-refractivity contribution in [1.29, 1.82) is 5.26 Å². The van der Waals surface area contributed by atoms with Crippen molar-refractivity contribution < 1.29 is 13.6 Å². The maximum atomic E-state index is 13.5. The molecule has 4 aromatic rings. The van der Waals surface area contributed by atoms with Gasteiger partial charge in [0.25, 0.3) is 0 Å². The zero-order valence-corrected chi connectivity index (χ0v) is 16.1. The molecule has 0 spiro atoms. The molecule has 1 amide bonds. The van der Waals surface area contributed by atoms with Gasteiger partial charge in [0, 0.05) is 36.1 Å². The van der Waals surface area contributed by atoms with Gasteiger partial charge in [-0.05, 0) is 35.9 Å². The van der Waals surface area contributed by atoms with Crippen LogP contribution in [-0.2, 0) is 17.8 Å². The molecule has 0 bridgehead atoms. The van der Waals surface area contributed by atoms with Crippen LogP contribution in [0.1, 0.15) is 16.7 Å². The Kier molecular flexibility index (Phi) is 5.28. The van der Waals surface area contributed by atoms with Crippen molar-refractivity contribution in [3.63, 3.8) is 0 Å². The highest BCUT2D eigenvalue weighted by atomic mass is 19.1. The van der Waals surface area contributed by atoms with Crippen molar-refractivity contribution in [3.8, 4) is 11.9 Å². The van der Waals surface area contributed by atoms with Gasteiger partial charge in [-0.15, -0.1) is 0 Å². The Bertz CT molecular complexity index is 1320. The fourth-order valence-corrected chi connectivity index (χ4v) is 3.27. The van der Waals surface area contributed by atoms with Crippen molar-refractivity contribution >= 4 is 22.6 Å². The summed E-state index contributed by atoms with van der Waals surface area (Å²) < 4.78 is 28.7. The molecule has 0 aliphatic carbocycles. The SMILES string of the molecule is N#Cc1ccc2ncn(-c3cc(NCc4cc(F)cc(F)c4)c(CC(N)=O)cn3)c2c1. The molecule has 0 aliphatic heterocycles. The van der Waals surface area contributed by atoms with E-state index < -0.39 is 17.5 Å². The molecule has 0 unspecified atom stereocenters. The van der Waals surface area contributed by atoms with Crippen LogP contribution in [0.5, 0.6) is 0 Å². The minimum atomic E-state index is -0.678. The Balaban J connectivity index is 1.72. The lowest BCUT2D eigenvalue weighted by molar-refractivity contribution is -0.117. The van der Waals surface area contributed by atoms with Gasteiger partial charge in [-0.25, -0.2) is 18.7 Å². The molecule has 3 N–H and O–H groups in total. The number of hydrogen-bond acceptors (Lipinski definition) is 5. The quantitative estimate of drug-likeness (QED) is 0.500. The lowest BCUT2D eigenvalue weighted by Gasteiger charge is -2.14. The van der Waals surface area contributed by atoms with E-state index in [-0.39, 0.29) is 13.0 Å². The van der Waals surface area contributed by atoms with Gasteiger partial charge in [0.15, 0.2) is 0 Å². The van der Waals surface area contributed by atoms with Gasteiger partial charge < -0.3 is 11.1 Å². The summed E-state index contributed by atoms with van der Waals surface area (Å²) in [6.07, 6.45) is 3.03. The number of nitrogens with zero attached hydrogens (tertiary/aromatic N) is 4. The molecular formula is C22H16F2N6O. The first kappa shape index (κ1) is 20.0. The van der Waals surface area contributed by atoms with E-state index in [9.17, 15) is 18.8 Å². The van der Waals surface area contributed by atoms with Gasteiger partial charge in [-0.3, -0.25) is 9.36 Å². The van der Waals surface area contributed by atoms with E-state index in [1.54, 1.807) is 35.2 Å². The van der Waals surface area contributed by atoms with E-state index in [2.05, 4.69) is 21.4 Å². The second kappa shape index (κ2) is 8.20. The van der Waals surface area contributed by atoms with E-state index in [1.165, 1.54) is 18.3 Å². The number of nitrogens with two attached hydrogens (primary N) is 1. The minimum absolute atomic E-state index is 0.0591. The summed E-state index contributed by atoms with van der Waals surface area (Å²) in [5.41, 5.74) is 8.66. The number of halogens is 2. The number of pyridine rings is 1. The number of rotatable bonds is 6. The van der Waals surface area contributed by atoms with Crippen LogP contribution in [0, 0.1) is 23.0 Å². The van der Waals surface area contributed by atoms with Crippen LogP contribution in [0.2, 0.25) is 0 Å². The van der Waals surface area contributed by atoms with Crippen LogP contribution in [-0.4, -0.2) is 20.4 Å². The van der Waals surface area contributed by atoms with Crippen LogP contribution < -0.4 is 11.1 Å². The highest BCUT2D eigenvalue weighted by molar-refractivity contribution is 5.80. The Morgan fingerprint density at radius 2 is 1.90 bits per heavy atom. The molecule has 0 saturated carbocycles. The van der Waals surface area contributed by atoms with Crippen LogP contribution in [0.3, 0.4) is 0 Å². The second-order valence-corrected chi connectivity index (χ2v) is 6.90. The zero-order chi connectivity index (χ0) is 22.0. The predicted octanol–water partition coefficient (Wildman–Crippen LogP) is 3.21. The Hall–Kier alpha value is -4.32. The molecule has 31 heavy (non-hydrogen) atoms. The van der Waals surface area contributed by atoms with E-state index in [0.29, 0.717) is 39.2 Å². The lowest BCUT2D eigenvalue weighted by Crippen LogP contribution is -2.16. The molecule has 4 rings (SSSR count). The van der Waals surface area contributed by atoms with E-state index in [4.69, 9.17) is 5.73 Å². The van der Waals surface area contributed by atoms with E-state index >= 15 is 0 Å². The summed E-state index contributed by atoms with van der Waals surface area (Å²) in [4.78, 5) is 20.2. The second-order valence-electron chi connectivity index (χ2n) is 6.90. The molecule has 2 aromatic carbocycles. The number of imidazole rings is 1. The summed E-state index contributed by atoms with van der Waals surface area (Å²) in [5.74, 6) is -1.41. The van der Waals surface area contributed by atoms with Crippen molar-refractivity contribution in [2.75, 3.05) is 5.32 Å². The van der Waals surface area contributed by atoms with Crippen molar-refractivity contribution in [3.05, 3.63) is 83.3 Å². The molecular weight excluding hydrogens is 402 g/mol. The van der Waals surface area contributed by atoms with Gasteiger partial charge in [0.1, 0.15) is 23.8 Å². The summed E-state index contributed by atoms with van der Waals surface area (Å²) >= 11 is 0. The van der Waals surface area contributed by atoms with Crippen LogP contribution in [0.25, 0.3) is 16.9 Å². The average Bonchev–Trinajstić information content (AvgIpc) is 3.15. The third-order valence-corrected chi connectivity index (χ3v) is 4.67. The molecule has 2 heterocycles. The summed E-state index contributed by atoms with van der Waals surface area (Å²) in [7, 11) is 0. The fraction of sp³-hybridized carbons (Fsp3) is 0.0909. The van der Waals surface area contributed by atoms with Crippen molar-refractivity contribution in [1.82, 2.24) is 14.5 Å². The largest absolute Gasteiger partial charge is 0.381 e. The predicted molar refractivity (Wildman–Crippen MR) is 110 cm³/mol. The Morgan fingerprint density at radius 3 is 2.61 bits per heavy atom. The van der Waals surface area contributed by atoms with Crippen LogP contribution in [0.4, 0.5) is 14.5 Å². The number of amides is 1. The minimum Gasteiger partial charge on any atom is -0.381 e. The maximum Gasteiger partial charge on any atom is 0.221 e. The third-order valence-electron chi connectivity index (χ3n) is 4.67. The van der Waals surface area contributed by atoms with Gasteiger partial charge in [0.05, 0.1) is 29.1 Å². The molecule has 0 aliphatic rings. The number of carbonyl (C=O) groups is 1. The topological polar surface area (TPSA) is 110 Å². The van der Waals surface area contributed by atoms with Gasteiger partial charge in [0.2, 0.25) is 5.91 Å². The number of primary amides is 1. The van der Waals surface area contributed by atoms with Crippen LogP contribution >= 0.6 is 0 Å². The Labute approximate surface area is 175 Å². The van der Waals surface area contributed by atoms with Crippen LogP contribution in [0.15, 0.2) is 55.0 Å².